The standard InChI is InChI=1S/C23H15NO4S/c1-11-7-8-15-17(9-11)29-18-10-16(28-12(2)25)19-20(21(18)24-15)23(27)14-6-4-3-5-13(14)22(19)26/h3-10,24H,1-2H3. The van der Waals surface area contributed by atoms with Crippen LogP contribution in [0.3, 0.4) is 0 Å². The van der Waals surface area contributed by atoms with Crippen molar-refractivity contribution in [2.24, 2.45) is 0 Å². The molecule has 0 spiro atoms. The van der Waals surface area contributed by atoms with Crippen LogP contribution in [0.5, 0.6) is 5.75 Å². The fourth-order valence-electron chi connectivity index (χ4n) is 3.75. The molecule has 0 aliphatic carbocycles. The van der Waals surface area contributed by atoms with Gasteiger partial charge in [-0.15, -0.1) is 11.3 Å². The number of benzene rings is 4. The van der Waals surface area contributed by atoms with E-state index in [9.17, 15) is 14.4 Å². The van der Waals surface area contributed by atoms with E-state index < -0.39 is 5.97 Å². The van der Waals surface area contributed by atoms with Gasteiger partial charge in [-0.2, -0.15) is 0 Å². The molecule has 0 aliphatic heterocycles. The average molecular weight is 401 g/mol. The zero-order valence-corrected chi connectivity index (χ0v) is 16.5. The second-order valence-electron chi connectivity index (χ2n) is 7.02. The van der Waals surface area contributed by atoms with Gasteiger partial charge in [0.05, 0.1) is 31.2 Å². The zero-order chi connectivity index (χ0) is 20.3. The third-order valence-electron chi connectivity index (χ3n) is 5.00. The van der Waals surface area contributed by atoms with Crippen molar-refractivity contribution in [1.82, 2.24) is 4.98 Å². The molecule has 142 valence electrons. The number of aromatic amines is 1. The molecule has 5 rings (SSSR count). The molecule has 0 aliphatic rings. The van der Waals surface area contributed by atoms with E-state index in [1.807, 2.05) is 25.1 Å². The molecule has 1 N–H and O–H groups in total. The van der Waals surface area contributed by atoms with E-state index in [1.54, 1.807) is 30.3 Å². The maximum atomic E-state index is 13.4. The van der Waals surface area contributed by atoms with E-state index >= 15 is 0 Å². The number of rotatable bonds is 1. The lowest BCUT2D eigenvalue weighted by atomic mass is 10.0. The van der Waals surface area contributed by atoms with E-state index in [4.69, 9.17) is 4.74 Å². The lowest BCUT2D eigenvalue weighted by Gasteiger charge is -2.11. The third-order valence-corrected chi connectivity index (χ3v) is 6.10. The average Bonchev–Trinajstić information content (AvgIpc) is 2.69. The second-order valence-corrected chi connectivity index (χ2v) is 8.11. The Bertz CT molecular complexity index is 1610. The summed E-state index contributed by atoms with van der Waals surface area (Å²) in [4.78, 5) is 41.7. The van der Waals surface area contributed by atoms with Crippen LogP contribution in [0.4, 0.5) is 0 Å². The predicted molar refractivity (Wildman–Crippen MR) is 117 cm³/mol. The number of aryl methyl sites for hydroxylation is 1. The van der Waals surface area contributed by atoms with Crippen molar-refractivity contribution in [1.29, 1.82) is 0 Å². The van der Waals surface area contributed by atoms with Gasteiger partial charge >= 0.3 is 5.97 Å². The minimum Gasteiger partial charge on any atom is -0.426 e. The molecule has 1 heterocycles. The molecule has 29 heavy (non-hydrogen) atoms. The van der Waals surface area contributed by atoms with Crippen LogP contribution in [0.2, 0.25) is 0 Å². The summed E-state index contributed by atoms with van der Waals surface area (Å²) in [5.41, 5.74) is 1.97. The van der Waals surface area contributed by atoms with Crippen molar-refractivity contribution < 1.29 is 9.53 Å². The number of aromatic nitrogens is 1. The van der Waals surface area contributed by atoms with E-state index in [-0.39, 0.29) is 27.4 Å². The first-order valence-electron chi connectivity index (χ1n) is 9.07. The number of H-pyrrole nitrogens is 1. The van der Waals surface area contributed by atoms with Crippen LogP contribution in [-0.2, 0) is 4.79 Å². The number of hydrogen-bond donors (Lipinski definition) is 1. The summed E-state index contributed by atoms with van der Waals surface area (Å²) in [5.74, 6) is -0.430. The molecule has 6 heteroatoms. The first-order chi connectivity index (χ1) is 13.9. The van der Waals surface area contributed by atoms with Crippen LogP contribution in [0.1, 0.15) is 12.5 Å². The van der Waals surface area contributed by atoms with E-state index in [0.29, 0.717) is 16.3 Å². The molecule has 0 atom stereocenters. The van der Waals surface area contributed by atoms with Crippen LogP contribution < -0.4 is 15.6 Å². The molecular weight excluding hydrogens is 386 g/mol. The lowest BCUT2D eigenvalue weighted by Crippen LogP contribution is -2.15. The van der Waals surface area contributed by atoms with Crippen molar-refractivity contribution in [3.63, 3.8) is 0 Å². The number of hydrogen-bond acceptors (Lipinski definition) is 5. The lowest BCUT2D eigenvalue weighted by molar-refractivity contribution is -0.131. The highest BCUT2D eigenvalue weighted by Crippen LogP contribution is 2.35. The molecule has 0 unspecified atom stereocenters. The Hall–Kier alpha value is -3.51. The maximum Gasteiger partial charge on any atom is 0.308 e. The highest BCUT2D eigenvalue weighted by molar-refractivity contribution is 7.24. The first kappa shape index (κ1) is 17.6. The van der Waals surface area contributed by atoms with Gasteiger partial charge in [-0.05, 0) is 24.6 Å². The molecule has 0 saturated carbocycles. The largest absolute Gasteiger partial charge is 0.426 e. The molecular formula is C23H15NO4S. The first-order valence-corrected chi connectivity index (χ1v) is 9.89. The van der Waals surface area contributed by atoms with Gasteiger partial charge in [0, 0.05) is 23.8 Å². The van der Waals surface area contributed by atoms with Gasteiger partial charge < -0.3 is 9.72 Å². The van der Waals surface area contributed by atoms with Crippen LogP contribution in [-0.4, -0.2) is 11.0 Å². The topological polar surface area (TPSA) is 76.2 Å². The highest BCUT2D eigenvalue weighted by Gasteiger charge is 2.20. The number of carbonyl (C=O) groups is 1. The van der Waals surface area contributed by atoms with Crippen molar-refractivity contribution in [3.05, 3.63) is 74.5 Å². The Morgan fingerprint density at radius 1 is 0.931 bits per heavy atom. The van der Waals surface area contributed by atoms with Crippen LogP contribution >= 0.6 is 11.3 Å². The van der Waals surface area contributed by atoms with Crippen LogP contribution in [0, 0.1) is 6.92 Å². The Morgan fingerprint density at radius 3 is 2.31 bits per heavy atom. The summed E-state index contributed by atoms with van der Waals surface area (Å²) in [6, 6.07) is 14.4. The van der Waals surface area contributed by atoms with E-state index in [1.165, 1.54) is 18.3 Å². The van der Waals surface area contributed by atoms with Gasteiger partial charge in [0.2, 0.25) is 0 Å². The summed E-state index contributed by atoms with van der Waals surface area (Å²) in [6.45, 7) is 3.28. The van der Waals surface area contributed by atoms with Crippen LogP contribution in [0.25, 0.3) is 42.0 Å². The summed E-state index contributed by atoms with van der Waals surface area (Å²) < 4.78 is 7.11. The van der Waals surface area contributed by atoms with Gasteiger partial charge in [0.25, 0.3) is 0 Å². The van der Waals surface area contributed by atoms with Crippen LogP contribution in [0.15, 0.2) is 58.1 Å². The smallest absolute Gasteiger partial charge is 0.308 e. The fraction of sp³-hybridized carbons (Fsp3) is 0.0870. The van der Waals surface area contributed by atoms with Gasteiger partial charge in [-0.3, -0.25) is 14.4 Å². The van der Waals surface area contributed by atoms with Gasteiger partial charge in [-0.25, -0.2) is 0 Å². The maximum absolute atomic E-state index is 13.4. The normalized spacial score (nSPS) is 11.5. The van der Waals surface area contributed by atoms with Crippen molar-refractivity contribution in [3.8, 4) is 5.75 Å². The van der Waals surface area contributed by atoms with Gasteiger partial charge in [-0.1, -0.05) is 30.3 Å². The highest BCUT2D eigenvalue weighted by atomic mass is 32.1. The molecule has 0 saturated heterocycles. The molecule has 1 aromatic heterocycles. The summed E-state index contributed by atoms with van der Waals surface area (Å²) in [7, 11) is 0. The number of nitrogens with one attached hydrogen (secondary N) is 1. The number of ether oxygens (including phenoxy) is 1. The second kappa shape index (κ2) is 6.25. The third kappa shape index (κ3) is 2.64. The Balaban J connectivity index is 2.09. The van der Waals surface area contributed by atoms with E-state index in [2.05, 4.69) is 4.98 Å². The molecule has 5 nitrogen and oxygen atoms in total. The summed E-state index contributed by atoms with van der Waals surface area (Å²) in [5, 5.41) is 1.05. The van der Waals surface area contributed by atoms with Gasteiger partial charge in [0.1, 0.15) is 5.75 Å². The van der Waals surface area contributed by atoms with Crippen molar-refractivity contribution in [2.45, 2.75) is 13.8 Å². The SMILES string of the molecule is CC(=O)Oc1cc2sc3cc(C)ccc3[nH]c2c2c(=O)c3ccccc3c(=O)c12. The molecule has 0 amide bonds. The van der Waals surface area contributed by atoms with E-state index in [0.717, 1.165) is 20.5 Å². The molecule has 0 fully saturated rings. The molecule has 5 aromatic rings. The Labute approximate surface area is 168 Å². The minimum atomic E-state index is -0.545. The van der Waals surface area contributed by atoms with Crippen molar-refractivity contribution in [2.75, 3.05) is 0 Å². The van der Waals surface area contributed by atoms with Gasteiger partial charge in [0.15, 0.2) is 10.9 Å². The summed E-state index contributed by atoms with van der Waals surface area (Å²) in [6.07, 6.45) is 0. The Kier molecular flexibility index (Phi) is 3.79. The Morgan fingerprint density at radius 2 is 1.62 bits per heavy atom. The molecule has 4 aromatic carbocycles. The number of esters is 1. The predicted octanol–water partition coefficient (Wildman–Crippen LogP) is 4.64. The van der Waals surface area contributed by atoms with Crippen molar-refractivity contribution >= 4 is 59.3 Å². The number of carbonyl (C=O) groups excluding carboxylic acids is 1. The fourth-order valence-corrected chi connectivity index (χ4v) is 4.88. The quantitative estimate of drug-likeness (QED) is 0.192. The monoisotopic (exact) mass is 401 g/mol. The molecule has 0 bridgehead atoms. The zero-order valence-electron chi connectivity index (χ0n) is 15.7. The minimum absolute atomic E-state index is 0.115. The molecule has 0 radical (unpaired) electrons. The number of fused-ring (bicyclic) bond motifs is 5. The summed E-state index contributed by atoms with van der Waals surface area (Å²) >= 11 is 1.48.